The number of nitrogens with two attached hydrogens (primary N) is 1. The number of guanidine groups is 1. The molecule has 0 bridgehead atoms. The summed E-state index contributed by atoms with van der Waals surface area (Å²) in [6.07, 6.45) is 7.99. The zero-order chi connectivity index (χ0) is 24.5. The van der Waals surface area contributed by atoms with Gasteiger partial charge in [0.1, 0.15) is 18.5 Å². The SMILES string of the molecule is CCCCCC(O)N(C(=O)COc1ccc2c(c1)N=C(N)N(CC(=O)OC)C2)C1CCCCC1. The van der Waals surface area contributed by atoms with Crippen LogP contribution >= 0.6 is 0 Å². The molecule has 1 aliphatic carbocycles. The predicted molar refractivity (Wildman–Crippen MR) is 130 cm³/mol. The maximum atomic E-state index is 13.1. The Balaban J connectivity index is 1.64. The van der Waals surface area contributed by atoms with Crippen molar-refractivity contribution in [3.63, 3.8) is 0 Å². The van der Waals surface area contributed by atoms with Crippen molar-refractivity contribution in [3.05, 3.63) is 23.8 Å². The molecule has 3 N–H and O–H groups in total. The van der Waals surface area contributed by atoms with E-state index in [0.29, 0.717) is 24.4 Å². The third kappa shape index (κ3) is 6.85. The van der Waals surface area contributed by atoms with Gasteiger partial charge in [-0.25, -0.2) is 4.99 Å². The van der Waals surface area contributed by atoms with Crippen LogP contribution < -0.4 is 10.5 Å². The van der Waals surface area contributed by atoms with Crippen molar-refractivity contribution in [1.82, 2.24) is 9.80 Å². The molecule has 1 aromatic carbocycles. The van der Waals surface area contributed by atoms with Crippen molar-refractivity contribution in [2.24, 2.45) is 10.7 Å². The lowest BCUT2D eigenvalue weighted by atomic mass is 9.93. The van der Waals surface area contributed by atoms with Crippen molar-refractivity contribution in [3.8, 4) is 5.75 Å². The molecule has 1 amide bonds. The van der Waals surface area contributed by atoms with Crippen LogP contribution in [0.5, 0.6) is 5.75 Å². The molecule has 0 spiro atoms. The number of amides is 1. The smallest absolute Gasteiger partial charge is 0.325 e. The van der Waals surface area contributed by atoms with E-state index in [1.54, 1.807) is 21.9 Å². The topological polar surface area (TPSA) is 118 Å². The molecule has 1 aliphatic heterocycles. The maximum Gasteiger partial charge on any atom is 0.325 e. The number of aliphatic hydroxyl groups excluding tert-OH is 1. The zero-order valence-corrected chi connectivity index (χ0v) is 20.4. The Bertz CT molecular complexity index is 869. The highest BCUT2D eigenvalue weighted by Crippen LogP contribution is 2.30. The van der Waals surface area contributed by atoms with Crippen molar-refractivity contribution >= 4 is 23.5 Å². The van der Waals surface area contributed by atoms with E-state index in [0.717, 1.165) is 50.5 Å². The fraction of sp³-hybridized carbons (Fsp3) is 0.640. The van der Waals surface area contributed by atoms with Crippen LogP contribution in [0, 0.1) is 0 Å². The van der Waals surface area contributed by atoms with Gasteiger partial charge in [0, 0.05) is 18.7 Å². The van der Waals surface area contributed by atoms with Gasteiger partial charge in [0.05, 0.1) is 12.8 Å². The molecule has 1 atom stereocenters. The third-order valence-corrected chi connectivity index (χ3v) is 6.53. The third-order valence-electron chi connectivity index (χ3n) is 6.53. The van der Waals surface area contributed by atoms with Crippen LogP contribution in [0.25, 0.3) is 0 Å². The van der Waals surface area contributed by atoms with Crippen LogP contribution in [0.4, 0.5) is 5.69 Å². The standard InChI is InChI=1S/C25H38N4O5/c1-3-4-6-11-22(30)29(19-9-7-5-8-10-19)23(31)17-34-20-13-12-18-15-28(16-24(32)33-2)25(26)27-21(18)14-20/h12-14,19,22,30H,3-11,15-17H2,1-2H3,(H2,26,27). The fourth-order valence-corrected chi connectivity index (χ4v) is 4.62. The van der Waals surface area contributed by atoms with E-state index in [1.165, 1.54) is 13.5 Å². The monoisotopic (exact) mass is 474 g/mol. The molecular formula is C25H38N4O5. The Labute approximate surface area is 201 Å². The second-order valence-electron chi connectivity index (χ2n) is 9.05. The van der Waals surface area contributed by atoms with Gasteiger partial charge in [0.15, 0.2) is 12.6 Å². The molecule has 0 aromatic heterocycles. The number of methoxy groups -OCH3 is 1. The highest BCUT2D eigenvalue weighted by atomic mass is 16.5. The van der Waals surface area contributed by atoms with Crippen LogP contribution in [0.15, 0.2) is 23.2 Å². The minimum atomic E-state index is -0.778. The summed E-state index contributed by atoms with van der Waals surface area (Å²) in [5.41, 5.74) is 7.55. The Hall–Kier alpha value is -2.81. The van der Waals surface area contributed by atoms with Crippen molar-refractivity contribution in [2.75, 3.05) is 20.3 Å². The summed E-state index contributed by atoms with van der Waals surface area (Å²) in [5, 5.41) is 10.8. The number of carbonyl (C=O) groups is 2. The first-order valence-electron chi connectivity index (χ1n) is 12.3. The van der Waals surface area contributed by atoms with Gasteiger partial charge in [-0.2, -0.15) is 0 Å². The number of hydrogen-bond acceptors (Lipinski definition) is 8. The lowest BCUT2D eigenvalue weighted by molar-refractivity contribution is -0.150. The average molecular weight is 475 g/mol. The van der Waals surface area contributed by atoms with E-state index < -0.39 is 6.23 Å². The highest BCUT2D eigenvalue weighted by molar-refractivity contribution is 5.87. The van der Waals surface area contributed by atoms with E-state index >= 15 is 0 Å². The summed E-state index contributed by atoms with van der Waals surface area (Å²) in [5.74, 6) is 0.152. The van der Waals surface area contributed by atoms with Gasteiger partial charge >= 0.3 is 5.97 Å². The fourth-order valence-electron chi connectivity index (χ4n) is 4.62. The molecule has 1 unspecified atom stereocenters. The van der Waals surface area contributed by atoms with Gasteiger partial charge in [0.25, 0.3) is 5.91 Å². The molecule has 9 heteroatoms. The summed E-state index contributed by atoms with van der Waals surface area (Å²) in [4.78, 5) is 32.4. The summed E-state index contributed by atoms with van der Waals surface area (Å²) in [7, 11) is 1.33. The largest absolute Gasteiger partial charge is 0.484 e. The van der Waals surface area contributed by atoms with E-state index in [4.69, 9.17) is 15.2 Å². The Morgan fingerprint density at radius 1 is 1.26 bits per heavy atom. The molecule has 2 aliphatic rings. The molecule has 188 valence electrons. The number of ether oxygens (including phenoxy) is 2. The van der Waals surface area contributed by atoms with Crippen LogP contribution in [-0.2, 0) is 20.9 Å². The van der Waals surface area contributed by atoms with Crippen LogP contribution in [0.3, 0.4) is 0 Å². The number of benzene rings is 1. The predicted octanol–water partition coefficient (Wildman–Crippen LogP) is 3.06. The van der Waals surface area contributed by atoms with Crippen LogP contribution in [0.2, 0.25) is 0 Å². The Morgan fingerprint density at radius 3 is 2.74 bits per heavy atom. The minimum absolute atomic E-state index is 0.0234. The first kappa shape index (κ1) is 25.8. The molecule has 0 saturated heterocycles. The zero-order valence-electron chi connectivity index (χ0n) is 20.4. The summed E-state index contributed by atoms with van der Waals surface area (Å²) < 4.78 is 10.5. The molecule has 1 heterocycles. The number of nitrogens with zero attached hydrogens (tertiary/aromatic N) is 3. The van der Waals surface area contributed by atoms with Crippen LogP contribution in [0.1, 0.15) is 70.3 Å². The number of aliphatic imine (C=N–C) groups is 1. The first-order chi connectivity index (χ1) is 16.4. The van der Waals surface area contributed by atoms with Gasteiger partial charge in [0.2, 0.25) is 0 Å². The van der Waals surface area contributed by atoms with Gasteiger partial charge in [-0.1, -0.05) is 45.1 Å². The first-order valence-corrected chi connectivity index (χ1v) is 12.3. The summed E-state index contributed by atoms with van der Waals surface area (Å²) >= 11 is 0. The minimum Gasteiger partial charge on any atom is -0.484 e. The second-order valence-corrected chi connectivity index (χ2v) is 9.05. The second kappa shape index (κ2) is 12.6. The van der Waals surface area contributed by atoms with Crippen molar-refractivity contribution < 1.29 is 24.2 Å². The van der Waals surface area contributed by atoms with E-state index in [-0.39, 0.29) is 37.0 Å². The van der Waals surface area contributed by atoms with Gasteiger partial charge < -0.3 is 30.1 Å². The molecule has 1 fully saturated rings. The number of aliphatic hydroxyl groups is 1. The number of rotatable bonds is 11. The number of fused-ring (bicyclic) bond motifs is 1. The molecule has 0 radical (unpaired) electrons. The summed E-state index contributed by atoms with van der Waals surface area (Å²) in [6.45, 7) is 2.43. The number of esters is 1. The molecule has 34 heavy (non-hydrogen) atoms. The highest BCUT2D eigenvalue weighted by Gasteiger charge is 2.30. The molecule has 3 rings (SSSR count). The normalized spacial score (nSPS) is 16.9. The lowest BCUT2D eigenvalue weighted by Crippen LogP contribution is -2.49. The van der Waals surface area contributed by atoms with Gasteiger partial charge in [-0.05, 0) is 37.3 Å². The van der Waals surface area contributed by atoms with E-state index in [2.05, 4.69) is 11.9 Å². The number of carbonyl (C=O) groups excluding carboxylic acids is 2. The van der Waals surface area contributed by atoms with E-state index in [1.807, 2.05) is 6.07 Å². The Morgan fingerprint density at radius 2 is 2.03 bits per heavy atom. The molecule has 9 nitrogen and oxygen atoms in total. The quantitative estimate of drug-likeness (QED) is 0.287. The van der Waals surface area contributed by atoms with Gasteiger partial charge in [-0.15, -0.1) is 0 Å². The molecule has 1 aromatic rings. The van der Waals surface area contributed by atoms with E-state index in [9.17, 15) is 14.7 Å². The average Bonchev–Trinajstić information content (AvgIpc) is 2.84. The molecular weight excluding hydrogens is 436 g/mol. The maximum absolute atomic E-state index is 13.1. The molecule has 1 saturated carbocycles. The number of hydrogen-bond donors (Lipinski definition) is 2. The van der Waals surface area contributed by atoms with Crippen molar-refractivity contribution in [2.45, 2.75) is 83.5 Å². The Kier molecular flexibility index (Phi) is 9.56. The van der Waals surface area contributed by atoms with Crippen LogP contribution in [-0.4, -0.2) is 65.3 Å². The van der Waals surface area contributed by atoms with Crippen molar-refractivity contribution in [1.29, 1.82) is 0 Å². The lowest BCUT2D eigenvalue weighted by Gasteiger charge is -2.37. The summed E-state index contributed by atoms with van der Waals surface area (Å²) in [6, 6.07) is 5.44. The number of unbranched alkanes of at least 4 members (excludes halogenated alkanes) is 2. The van der Waals surface area contributed by atoms with Gasteiger partial charge in [-0.3, -0.25) is 9.59 Å².